The second-order valence-electron chi connectivity index (χ2n) is 4.61. The van der Waals surface area contributed by atoms with Crippen LogP contribution in [0.4, 0.5) is 10.1 Å². The van der Waals surface area contributed by atoms with Crippen molar-refractivity contribution < 1.29 is 4.39 Å². The van der Waals surface area contributed by atoms with Crippen molar-refractivity contribution in [3.63, 3.8) is 0 Å². The predicted octanol–water partition coefficient (Wildman–Crippen LogP) is 3.70. The van der Waals surface area contributed by atoms with E-state index in [1.54, 1.807) is 6.07 Å². The summed E-state index contributed by atoms with van der Waals surface area (Å²) < 4.78 is 13.3. The molecule has 1 fully saturated rings. The van der Waals surface area contributed by atoms with E-state index in [9.17, 15) is 4.39 Å². The minimum Gasteiger partial charge on any atom is -0.396 e. The molecule has 0 heterocycles. The van der Waals surface area contributed by atoms with Crippen LogP contribution in [0.15, 0.2) is 18.2 Å². The second-order valence-corrected chi connectivity index (χ2v) is 4.61. The van der Waals surface area contributed by atoms with Gasteiger partial charge in [0.1, 0.15) is 5.82 Å². The summed E-state index contributed by atoms with van der Waals surface area (Å²) in [4.78, 5) is 0. The van der Waals surface area contributed by atoms with Crippen molar-refractivity contribution in [3.8, 4) is 0 Å². The Labute approximate surface area is 90.5 Å². The summed E-state index contributed by atoms with van der Waals surface area (Å²) in [5.74, 6) is 0.808. The minimum atomic E-state index is -0.273. The predicted molar refractivity (Wildman–Crippen MR) is 61.2 cm³/mol. The Morgan fingerprint density at radius 1 is 1.27 bits per heavy atom. The molecule has 1 aromatic rings. The van der Waals surface area contributed by atoms with Crippen molar-refractivity contribution in [2.75, 3.05) is 5.73 Å². The van der Waals surface area contributed by atoms with Crippen molar-refractivity contribution in [2.45, 2.75) is 38.5 Å². The van der Waals surface area contributed by atoms with Gasteiger partial charge in [-0.15, -0.1) is 0 Å². The molecule has 0 bridgehead atoms. The highest BCUT2D eigenvalue weighted by molar-refractivity contribution is 5.50. The van der Waals surface area contributed by atoms with Gasteiger partial charge in [-0.3, -0.25) is 0 Å². The third-order valence-electron chi connectivity index (χ3n) is 3.60. The lowest BCUT2D eigenvalue weighted by molar-refractivity contribution is 0.331. The molecular weight excluding hydrogens is 189 g/mol. The third kappa shape index (κ3) is 1.99. The molecule has 1 aromatic carbocycles. The molecule has 0 spiro atoms. The molecule has 0 radical (unpaired) electrons. The van der Waals surface area contributed by atoms with Crippen molar-refractivity contribution in [1.29, 1.82) is 0 Å². The first-order valence-corrected chi connectivity index (χ1v) is 5.74. The fraction of sp³-hybridized carbons (Fsp3) is 0.538. The van der Waals surface area contributed by atoms with Gasteiger partial charge in [0.2, 0.25) is 0 Å². The molecule has 1 aliphatic carbocycles. The average molecular weight is 207 g/mol. The first-order valence-electron chi connectivity index (χ1n) is 5.74. The van der Waals surface area contributed by atoms with Gasteiger partial charge in [-0.25, -0.2) is 4.39 Å². The number of benzene rings is 1. The highest BCUT2D eigenvalue weighted by atomic mass is 19.1. The number of nitrogen functional groups attached to an aromatic ring is 1. The maximum Gasteiger partial charge on any atom is 0.146 e. The molecule has 0 aliphatic heterocycles. The SMILES string of the molecule is C[C@H]1CCCC[C@H]1c1cccc(F)c1N. The smallest absolute Gasteiger partial charge is 0.146 e. The maximum absolute atomic E-state index is 13.3. The first kappa shape index (κ1) is 10.5. The number of para-hydroxylation sites is 1. The van der Waals surface area contributed by atoms with Crippen LogP contribution in [-0.4, -0.2) is 0 Å². The van der Waals surface area contributed by atoms with Crippen LogP contribution in [0.5, 0.6) is 0 Å². The summed E-state index contributed by atoms with van der Waals surface area (Å²) in [6.07, 6.45) is 4.92. The maximum atomic E-state index is 13.3. The fourth-order valence-electron chi connectivity index (χ4n) is 2.66. The van der Waals surface area contributed by atoms with E-state index in [1.165, 1.54) is 25.3 Å². The molecule has 2 N–H and O–H groups in total. The van der Waals surface area contributed by atoms with E-state index < -0.39 is 0 Å². The molecule has 1 nitrogen and oxygen atoms in total. The lowest BCUT2D eigenvalue weighted by atomic mass is 9.76. The van der Waals surface area contributed by atoms with Crippen molar-refractivity contribution in [3.05, 3.63) is 29.6 Å². The molecule has 82 valence electrons. The summed E-state index contributed by atoms with van der Waals surface area (Å²) in [5, 5.41) is 0. The molecule has 2 rings (SSSR count). The van der Waals surface area contributed by atoms with Gasteiger partial charge >= 0.3 is 0 Å². The monoisotopic (exact) mass is 207 g/mol. The number of halogens is 1. The van der Waals surface area contributed by atoms with Crippen molar-refractivity contribution >= 4 is 5.69 Å². The molecule has 0 saturated heterocycles. The summed E-state index contributed by atoms with van der Waals surface area (Å²) >= 11 is 0. The average Bonchev–Trinajstić information content (AvgIpc) is 2.23. The Morgan fingerprint density at radius 2 is 2.00 bits per heavy atom. The van der Waals surface area contributed by atoms with Gasteiger partial charge in [0.25, 0.3) is 0 Å². The zero-order valence-corrected chi connectivity index (χ0v) is 9.17. The molecule has 0 aromatic heterocycles. The molecule has 1 aliphatic rings. The van der Waals surface area contributed by atoms with Crippen LogP contribution in [0.25, 0.3) is 0 Å². The highest BCUT2D eigenvalue weighted by Gasteiger charge is 2.25. The summed E-state index contributed by atoms with van der Waals surface area (Å²) in [7, 11) is 0. The first-order chi connectivity index (χ1) is 7.20. The van der Waals surface area contributed by atoms with Gasteiger partial charge in [0, 0.05) is 0 Å². The quantitative estimate of drug-likeness (QED) is 0.698. The topological polar surface area (TPSA) is 26.0 Å². The second kappa shape index (κ2) is 4.21. The zero-order chi connectivity index (χ0) is 10.8. The summed E-state index contributed by atoms with van der Waals surface area (Å²) in [6, 6.07) is 5.18. The lowest BCUT2D eigenvalue weighted by Gasteiger charge is -2.30. The van der Waals surface area contributed by atoms with Crippen LogP contribution < -0.4 is 5.73 Å². The number of anilines is 1. The van der Waals surface area contributed by atoms with E-state index in [0.29, 0.717) is 17.5 Å². The highest BCUT2D eigenvalue weighted by Crippen LogP contribution is 2.40. The summed E-state index contributed by atoms with van der Waals surface area (Å²) in [5.41, 5.74) is 7.17. The molecule has 2 heteroatoms. The molecule has 1 saturated carbocycles. The van der Waals surface area contributed by atoms with Crippen LogP contribution in [-0.2, 0) is 0 Å². The van der Waals surface area contributed by atoms with Crippen LogP contribution >= 0.6 is 0 Å². The van der Waals surface area contributed by atoms with Crippen LogP contribution in [0.3, 0.4) is 0 Å². The Bertz CT molecular complexity index is 348. The van der Waals surface area contributed by atoms with Crippen LogP contribution in [0.1, 0.15) is 44.1 Å². The zero-order valence-electron chi connectivity index (χ0n) is 9.17. The van der Waals surface area contributed by atoms with Crippen molar-refractivity contribution in [1.82, 2.24) is 0 Å². The van der Waals surface area contributed by atoms with E-state index in [4.69, 9.17) is 5.73 Å². The number of rotatable bonds is 1. The normalized spacial score (nSPS) is 26.5. The van der Waals surface area contributed by atoms with E-state index in [2.05, 4.69) is 6.92 Å². The number of nitrogens with two attached hydrogens (primary N) is 1. The van der Waals surface area contributed by atoms with Gasteiger partial charge in [0.15, 0.2) is 0 Å². The molecule has 0 unspecified atom stereocenters. The Morgan fingerprint density at radius 3 is 2.73 bits per heavy atom. The van der Waals surface area contributed by atoms with Crippen molar-refractivity contribution in [2.24, 2.45) is 5.92 Å². The fourth-order valence-corrected chi connectivity index (χ4v) is 2.66. The Balaban J connectivity index is 2.31. The van der Waals surface area contributed by atoms with Gasteiger partial charge < -0.3 is 5.73 Å². The number of hydrogen-bond acceptors (Lipinski definition) is 1. The Hall–Kier alpha value is -1.05. The standard InChI is InChI=1S/C13H18FN/c1-9-5-2-3-6-10(9)11-7-4-8-12(14)13(11)15/h4,7-10H,2-3,5-6,15H2,1H3/t9-,10+/m0/s1. The van der Waals surface area contributed by atoms with Gasteiger partial charge in [-0.05, 0) is 29.9 Å². The van der Waals surface area contributed by atoms with E-state index in [0.717, 1.165) is 12.0 Å². The molecule has 2 atom stereocenters. The summed E-state index contributed by atoms with van der Waals surface area (Å²) in [6.45, 7) is 2.24. The molecular formula is C13H18FN. The van der Waals surface area contributed by atoms with Gasteiger partial charge in [0.05, 0.1) is 5.69 Å². The van der Waals surface area contributed by atoms with E-state index in [-0.39, 0.29) is 5.82 Å². The minimum absolute atomic E-state index is 0.273. The molecule has 15 heavy (non-hydrogen) atoms. The lowest BCUT2D eigenvalue weighted by Crippen LogP contribution is -2.16. The molecule has 0 amide bonds. The van der Waals surface area contributed by atoms with Gasteiger partial charge in [-0.1, -0.05) is 38.3 Å². The van der Waals surface area contributed by atoms with Gasteiger partial charge in [-0.2, -0.15) is 0 Å². The van der Waals surface area contributed by atoms with Crippen LogP contribution in [0, 0.1) is 11.7 Å². The Kier molecular flexibility index (Phi) is 2.94. The van der Waals surface area contributed by atoms with E-state index >= 15 is 0 Å². The largest absolute Gasteiger partial charge is 0.396 e. The van der Waals surface area contributed by atoms with Crippen LogP contribution in [0.2, 0.25) is 0 Å². The van der Waals surface area contributed by atoms with E-state index in [1.807, 2.05) is 6.07 Å². The number of hydrogen-bond donors (Lipinski definition) is 1. The third-order valence-corrected chi connectivity index (χ3v) is 3.60.